The fraction of sp³-hybridized carbons (Fsp3) is 0.455. The maximum atomic E-state index is 12.3. The number of hydrogen-bond donors (Lipinski definition) is 0. The molecule has 0 heterocycles. The average Bonchev–Trinajstić information content (AvgIpc) is 2.85. The van der Waals surface area contributed by atoms with Crippen LogP contribution in [0, 0.1) is 6.92 Å². The van der Waals surface area contributed by atoms with Crippen molar-refractivity contribution in [3.8, 4) is 0 Å². The topological polar surface area (TPSA) is 0 Å². The number of halogens is 3. The lowest BCUT2D eigenvalue weighted by atomic mass is 10.0. The van der Waals surface area contributed by atoms with Crippen LogP contribution in [0.5, 0.6) is 0 Å². The third kappa shape index (κ3) is 1.76. The van der Waals surface area contributed by atoms with Gasteiger partial charge in [0.2, 0.25) is 0 Å². The van der Waals surface area contributed by atoms with Gasteiger partial charge in [0, 0.05) is 0 Å². The Bertz CT molecular complexity index is 348. The highest BCUT2D eigenvalue weighted by atomic mass is 19.4. The van der Waals surface area contributed by atoms with E-state index in [4.69, 9.17) is 0 Å². The van der Waals surface area contributed by atoms with Crippen LogP contribution in [0.25, 0.3) is 0 Å². The summed E-state index contributed by atoms with van der Waals surface area (Å²) < 4.78 is 36.9. The highest BCUT2D eigenvalue weighted by Gasteiger charge is 2.32. The molecule has 1 aliphatic carbocycles. The molecule has 3 heteroatoms. The van der Waals surface area contributed by atoms with Crippen molar-refractivity contribution in [3.63, 3.8) is 0 Å². The van der Waals surface area contributed by atoms with Crippen LogP contribution in [0.3, 0.4) is 0 Å². The molecular weight excluding hydrogens is 189 g/mol. The van der Waals surface area contributed by atoms with Crippen molar-refractivity contribution in [2.75, 3.05) is 0 Å². The Hall–Kier alpha value is -0.990. The second-order valence-electron chi connectivity index (χ2n) is 3.84. The summed E-state index contributed by atoms with van der Waals surface area (Å²) in [5.74, 6) is 0.511. The first kappa shape index (κ1) is 9.56. The molecular formula is C11H11F3. The van der Waals surface area contributed by atoms with Gasteiger partial charge in [0.25, 0.3) is 0 Å². The quantitative estimate of drug-likeness (QED) is 0.645. The SMILES string of the molecule is Cc1cc(C(F)(F)F)ccc1C1CC1. The number of alkyl halides is 3. The zero-order chi connectivity index (χ0) is 10.3. The summed E-state index contributed by atoms with van der Waals surface area (Å²) in [6, 6.07) is 4.05. The largest absolute Gasteiger partial charge is 0.416 e. The Kier molecular flexibility index (Phi) is 2.05. The Morgan fingerprint density at radius 1 is 1.21 bits per heavy atom. The van der Waals surface area contributed by atoms with E-state index in [9.17, 15) is 13.2 Å². The van der Waals surface area contributed by atoms with Crippen molar-refractivity contribution in [2.24, 2.45) is 0 Å². The highest BCUT2D eigenvalue weighted by molar-refractivity contribution is 5.36. The molecule has 1 fully saturated rings. The Morgan fingerprint density at radius 2 is 1.86 bits per heavy atom. The molecule has 0 N–H and O–H groups in total. The Balaban J connectivity index is 2.35. The van der Waals surface area contributed by atoms with Gasteiger partial charge in [-0.15, -0.1) is 0 Å². The number of hydrogen-bond acceptors (Lipinski definition) is 0. The fourth-order valence-corrected chi connectivity index (χ4v) is 1.70. The van der Waals surface area contributed by atoms with Gasteiger partial charge in [-0.05, 0) is 48.9 Å². The minimum absolute atomic E-state index is 0.511. The second-order valence-corrected chi connectivity index (χ2v) is 3.84. The first-order chi connectivity index (χ1) is 6.48. The normalized spacial score (nSPS) is 17.1. The van der Waals surface area contributed by atoms with Gasteiger partial charge in [-0.25, -0.2) is 0 Å². The van der Waals surface area contributed by atoms with Crippen LogP contribution in [-0.2, 0) is 6.18 Å². The summed E-state index contributed by atoms with van der Waals surface area (Å²) >= 11 is 0. The van der Waals surface area contributed by atoms with E-state index in [-0.39, 0.29) is 0 Å². The van der Waals surface area contributed by atoms with Gasteiger partial charge < -0.3 is 0 Å². The molecule has 0 atom stereocenters. The van der Waals surface area contributed by atoms with Crippen molar-refractivity contribution < 1.29 is 13.2 Å². The van der Waals surface area contributed by atoms with Crippen LogP contribution < -0.4 is 0 Å². The van der Waals surface area contributed by atoms with E-state index in [2.05, 4.69) is 0 Å². The fourth-order valence-electron chi connectivity index (χ4n) is 1.70. The van der Waals surface area contributed by atoms with Crippen LogP contribution in [0.15, 0.2) is 18.2 Å². The van der Waals surface area contributed by atoms with Gasteiger partial charge >= 0.3 is 6.18 Å². The molecule has 0 saturated heterocycles. The van der Waals surface area contributed by atoms with Crippen LogP contribution in [0.1, 0.15) is 35.4 Å². The molecule has 14 heavy (non-hydrogen) atoms. The Labute approximate surface area is 80.7 Å². The predicted octanol–water partition coefficient (Wildman–Crippen LogP) is 3.89. The van der Waals surface area contributed by atoms with E-state index in [1.54, 1.807) is 13.0 Å². The summed E-state index contributed by atoms with van der Waals surface area (Å²) in [7, 11) is 0. The number of rotatable bonds is 1. The molecule has 1 aromatic carbocycles. The van der Waals surface area contributed by atoms with Gasteiger partial charge in [0.1, 0.15) is 0 Å². The summed E-state index contributed by atoms with van der Waals surface area (Å²) in [5.41, 5.74) is 1.31. The molecule has 0 nitrogen and oxygen atoms in total. The summed E-state index contributed by atoms with van der Waals surface area (Å²) in [4.78, 5) is 0. The first-order valence-electron chi connectivity index (χ1n) is 4.66. The molecule has 1 aliphatic rings. The first-order valence-corrected chi connectivity index (χ1v) is 4.66. The maximum Gasteiger partial charge on any atom is 0.416 e. The minimum Gasteiger partial charge on any atom is -0.166 e. The third-order valence-electron chi connectivity index (χ3n) is 2.61. The summed E-state index contributed by atoms with van der Waals surface area (Å²) in [6.07, 6.45) is -1.98. The molecule has 0 amide bonds. The lowest BCUT2D eigenvalue weighted by molar-refractivity contribution is -0.137. The lowest BCUT2D eigenvalue weighted by Crippen LogP contribution is -2.05. The average molecular weight is 200 g/mol. The van der Waals surface area contributed by atoms with E-state index in [0.29, 0.717) is 5.92 Å². The summed E-state index contributed by atoms with van der Waals surface area (Å²) in [5, 5.41) is 0. The molecule has 1 saturated carbocycles. The standard InChI is InChI=1S/C11H11F3/c1-7-6-9(11(12,13)14)4-5-10(7)8-2-3-8/h4-6,8H,2-3H2,1H3. The van der Waals surface area contributed by atoms with E-state index >= 15 is 0 Å². The monoisotopic (exact) mass is 200 g/mol. The number of benzene rings is 1. The van der Waals surface area contributed by atoms with Crippen molar-refractivity contribution in [1.29, 1.82) is 0 Å². The molecule has 0 unspecified atom stereocenters. The van der Waals surface area contributed by atoms with E-state index < -0.39 is 11.7 Å². The van der Waals surface area contributed by atoms with Crippen molar-refractivity contribution in [1.82, 2.24) is 0 Å². The van der Waals surface area contributed by atoms with Crippen molar-refractivity contribution in [2.45, 2.75) is 31.9 Å². The van der Waals surface area contributed by atoms with Crippen LogP contribution in [-0.4, -0.2) is 0 Å². The Morgan fingerprint density at radius 3 is 2.29 bits per heavy atom. The molecule has 76 valence electrons. The van der Waals surface area contributed by atoms with Gasteiger partial charge in [0.15, 0.2) is 0 Å². The molecule has 0 radical (unpaired) electrons. The zero-order valence-corrected chi connectivity index (χ0v) is 7.86. The molecule has 0 aromatic heterocycles. The van der Waals surface area contributed by atoms with Crippen LogP contribution in [0.2, 0.25) is 0 Å². The van der Waals surface area contributed by atoms with Crippen molar-refractivity contribution in [3.05, 3.63) is 34.9 Å². The van der Waals surface area contributed by atoms with Gasteiger partial charge in [-0.1, -0.05) is 6.07 Å². The molecule has 1 aromatic rings. The third-order valence-corrected chi connectivity index (χ3v) is 2.61. The maximum absolute atomic E-state index is 12.3. The molecule has 2 rings (SSSR count). The predicted molar refractivity (Wildman–Crippen MR) is 48.2 cm³/mol. The van der Waals surface area contributed by atoms with Gasteiger partial charge in [-0.3, -0.25) is 0 Å². The van der Waals surface area contributed by atoms with Gasteiger partial charge in [0.05, 0.1) is 5.56 Å². The molecule has 0 aliphatic heterocycles. The molecule has 0 bridgehead atoms. The van der Waals surface area contributed by atoms with Crippen molar-refractivity contribution >= 4 is 0 Å². The number of aryl methyl sites for hydroxylation is 1. The highest BCUT2D eigenvalue weighted by Crippen LogP contribution is 2.42. The van der Waals surface area contributed by atoms with Crippen LogP contribution >= 0.6 is 0 Å². The van der Waals surface area contributed by atoms with E-state index in [1.807, 2.05) is 0 Å². The summed E-state index contributed by atoms with van der Waals surface area (Å²) in [6.45, 7) is 1.75. The second kappa shape index (κ2) is 3.01. The van der Waals surface area contributed by atoms with Crippen LogP contribution in [0.4, 0.5) is 13.2 Å². The minimum atomic E-state index is -4.22. The smallest absolute Gasteiger partial charge is 0.166 e. The molecule has 0 spiro atoms. The van der Waals surface area contributed by atoms with E-state index in [0.717, 1.165) is 24.0 Å². The van der Waals surface area contributed by atoms with E-state index in [1.165, 1.54) is 12.1 Å². The van der Waals surface area contributed by atoms with Gasteiger partial charge in [-0.2, -0.15) is 13.2 Å². The lowest BCUT2D eigenvalue weighted by Gasteiger charge is -2.10. The zero-order valence-electron chi connectivity index (χ0n) is 7.86.